The zero-order chi connectivity index (χ0) is 11.0. The average molecular weight is 272 g/mol. The molecule has 1 fully saturated rings. The molecular weight excluding hydrogens is 262 g/mol. The third-order valence-electron chi connectivity index (χ3n) is 2.42. The molecule has 1 aliphatic carbocycles. The van der Waals surface area contributed by atoms with Gasteiger partial charge in [0.2, 0.25) is 0 Å². The second-order valence-electron chi connectivity index (χ2n) is 3.75. The lowest BCUT2D eigenvalue weighted by Crippen LogP contribution is -2.24. The Balaban J connectivity index is 1.88. The molecule has 2 aromatic heterocycles. The van der Waals surface area contributed by atoms with E-state index in [9.17, 15) is 0 Å². The van der Waals surface area contributed by atoms with Crippen molar-refractivity contribution >= 4 is 34.3 Å². The molecule has 1 unspecified atom stereocenters. The maximum absolute atomic E-state index is 5.93. The smallest absolute Gasteiger partial charge is 0.118 e. The first-order valence-corrected chi connectivity index (χ1v) is 7.17. The molecule has 0 bridgehead atoms. The first-order chi connectivity index (χ1) is 7.83. The second kappa shape index (κ2) is 4.41. The van der Waals surface area contributed by atoms with Crippen molar-refractivity contribution < 1.29 is 0 Å². The Kier molecular flexibility index (Phi) is 2.93. The van der Waals surface area contributed by atoms with Gasteiger partial charge in [0.1, 0.15) is 20.4 Å². The number of halogens is 1. The monoisotopic (exact) mass is 271 g/mol. The van der Waals surface area contributed by atoms with Crippen LogP contribution in [0, 0.1) is 0 Å². The molecule has 1 atom stereocenters. The van der Waals surface area contributed by atoms with E-state index in [4.69, 9.17) is 11.6 Å². The van der Waals surface area contributed by atoms with Crippen molar-refractivity contribution in [2.75, 3.05) is 0 Å². The highest BCUT2D eigenvalue weighted by Gasteiger charge is 2.29. The van der Waals surface area contributed by atoms with Crippen molar-refractivity contribution in [2.24, 2.45) is 0 Å². The van der Waals surface area contributed by atoms with Crippen LogP contribution in [0.15, 0.2) is 17.8 Å². The molecule has 1 N–H and O–H groups in total. The summed E-state index contributed by atoms with van der Waals surface area (Å²) < 4.78 is 0.731. The third-order valence-corrected chi connectivity index (χ3v) is 4.44. The van der Waals surface area contributed by atoms with Crippen LogP contribution >= 0.6 is 34.3 Å². The van der Waals surface area contributed by atoms with Crippen LogP contribution in [-0.4, -0.2) is 16.0 Å². The van der Waals surface area contributed by atoms with Gasteiger partial charge in [-0.2, -0.15) is 0 Å². The Morgan fingerprint density at radius 2 is 2.25 bits per heavy atom. The van der Waals surface area contributed by atoms with Crippen LogP contribution in [0.2, 0.25) is 4.34 Å². The van der Waals surface area contributed by atoms with Crippen LogP contribution in [0.1, 0.15) is 28.9 Å². The SMILES string of the molecule is Clc1cnc(C(NC2CC2)c2nccs2)s1. The molecule has 0 aromatic carbocycles. The lowest BCUT2D eigenvalue weighted by Gasteiger charge is -2.12. The van der Waals surface area contributed by atoms with E-state index in [0.717, 1.165) is 14.4 Å². The molecule has 2 heterocycles. The van der Waals surface area contributed by atoms with Crippen molar-refractivity contribution in [1.29, 1.82) is 0 Å². The van der Waals surface area contributed by atoms with Crippen LogP contribution in [0.25, 0.3) is 0 Å². The molecule has 0 aliphatic heterocycles. The van der Waals surface area contributed by atoms with E-state index in [1.807, 2.05) is 11.6 Å². The highest BCUT2D eigenvalue weighted by molar-refractivity contribution is 7.16. The molecule has 3 rings (SSSR count). The topological polar surface area (TPSA) is 37.8 Å². The van der Waals surface area contributed by atoms with Crippen LogP contribution in [0.3, 0.4) is 0 Å². The minimum absolute atomic E-state index is 0.116. The third kappa shape index (κ3) is 2.27. The zero-order valence-corrected chi connectivity index (χ0v) is 10.8. The van der Waals surface area contributed by atoms with Gasteiger partial charge in [-0.15, -0.1) is 22.7 Å². The van der Waals surface area contributed by atoms with Gasteiger partial charge in [-0.05, 0) is 12.8 Å². The van der Waals surface area contributed by atoms with E-state index >= 15 is 0 Å². The van der Waals surface area contributed by atoms with E-state index in [1.165, 1.54) is 24.2 Å². The van der Waals surface area contributed by atoms with Crippen molar-refractivity contribution in [1.82, 2.24) is 15.3 Å². The maximum atomic E-state index is 5.93. The number of aromatic nitrogens is 2. The molecule has 0 radical (unpaired) electrons. The summed E-state index contributed by atoms with van der Waals surface area (Å²) in [5, 5.41) is 7.63. The number of rotatable bonds is 4. The first kappa shape index (κ1) is 10.7. The van der Waals surface area contributed by atoms with Crippen molar-refractivity contribution in [3.05, 3.63) is 32.1 Å². The molecule has 0 amide bonds. The number of thiazole rings is 2. The summed E-state index contributed by atoms with van der Waals surface area (Å²) in [5.41, 5.74) is 0. The molecule has 6 heteroatoms. The summed E-state index contributed by atoms with van der Waals surface area (Å²) in [6, 6.07) is 0.738. The lowest BCUT2D eigenvalue weighted by molar-refractivity contribution is 0.595. The summed E-state index contributed by atoms with van der Waals surface area (Å²) in [5.74, 6) is 0. The highest BCUT2D eigenvalue weighted by atomic mass is 35.5. The van der Waals surface area contributed by atoms with Gasteiger partial charge < -0.3 is 0 Å². The Hall–Kier alpha value is -0.490. The van der Waals surface area contributed by atoms with Crippen molar-refractivity contribution in [2.45, 2.75) is 24.9 Å². The van der Waals surface area contributed by atoms with Gasteiger partial charge in [0.15, 0.2) is 0 Å². The number of hydrogen-bond acceptors (Lipinski definition) is 5. The first-order valence-electron chi connectivity index (χ1n) is 5.09. The van der Waals surface area contributed by atoms with Gasteiger partial charge in [-0.1, -0.05) is 11.6 Å². The van der Waals surface area contributed by atoms with Gasteiger partial charge in [-0.3, -0.25) is 5.32 Å². The summed E-state index contributed by atoms with van der Waals surface area (Å²) in [6.45, 7) is 0. The van der Waals surface area contributed by atoms with E-state index in [2.05, 4.69) is 15.3 Å². The predicted molar refractivity (Wildman–Crippen MR) is 67.2 cm³/mol. The fourth-order valence-electron chi connectivity index (χ4n) is 1.51. The fourth-order valence-corrected chi connectivity index (χ4v) is 3.28. The van der Waals surface area contributed by atoms with Crippen molar-refractivity contribution in [3.63, 3.8) is 0 Å². The molecule has 2 aromatic rings. The van der Waals surface area contributed by atoms with Gasteiger partial charge in [0.05, 0.1) is 6.20 Å². The van der Waals surface area contributed by atoms with Crippen molar-refractivity contribution in [3.8, 4) is 0 Å². The summed E-state index contributed by atoms with van der Waals surface area (Å²) in [6.07, 6.45) is 6.04. The summed E-state index contributed by atoms with van der Waals surface area (Å²) >= 11 is 9.11. The van der Waals surface area contributed by atoms with E-state index in [1.54, 1.807) is 17.5 Å². The molecular formula is C10H10ClN3S2. The van der Waals surface area contributed by atoms with Gasteiger partial charge in [-0.25, -0.2) is 9.97 Å². The molecule has 16 heavy (non-hydrogen) atoms. The molecule has 84 valence electrons. The minimum Gasteiger partial charge on any atom is -0.299 e. The highest BCUT2D eigenvalue weighted by Crippen LogP contribution is 2.32. The van der Waals surface area contributed by atoms with Crippen LogP contribution in [0.4, 0.5) is 0 Å². The quantitative estimate of drug-likeness (QED) is 0.929. The number of nitrogens with zero attached hydrogens (tertiary/aromatic N) is 2. The average Bonchev–Trinajstić information content (AvgIpc) is 2.79. The Labute approximate surface area is 107 Å². The normalized spacial score (nSPS) is 17.6. The zero-order valence-electron chi connectivity index (χ0n) is 8.39. The molecule has 0 saturated heterocycles. The largest absolute Gasteiger partial charge is 0.299 e. The Bertz CT molecular complexity index is 464. The van der Waals surface area contributed by atoms with Crippen LogP contribution in [-0.2, 0) is 0 Å². The summed E-state index contributed by atoms with van der Waals surface area (Å²) in [7, 11) is 0. The predicted octanol–water partition coefficient (Wildman–Crippen LogP) is 3.09. The Morgan fingerprint density at radius 3 is 2.81 bits per heavy atom. The summed E-state index contributed by atoms with van der Waals surface area (Å²) in [4.78, 5) is 8.71. The molecule has 0 spiro atoms. The van der Waals surface area contributed by atoms with Crippen LogP contribution < -0.4 is 5.32 Å². The van der Waals surface area contributed by atoms with Gasteiger partial charge >= 0.3 is 0 Å². The molecule has 1 saturated carbocycles. The van der Waals surface area contributed by atoms with E-state index in [0.29, 0.717) is 6.04 Å². The minimum atomic E-state index is 0.116. The van der Waals surface area contributed by atoms with Gasteiger partial charge in [0, 0.05) is 17.6 Å². The molecule has 1 aliphatic rings. The standard InChI is InChI=1S/C10H10ClN3S2/c11-7-5-13-10(16-7)8(14-6-1-2-6)9-12-3-4-15-9/h3-6,8,14H,1-2H2. The maximum Gasteiger partial charge on any atom is 0.118 e. The van der Waals surface area contributed by atoms with E-state index < -0.39 is 0 Å². The molecule has 3 nitrogen and oxygen atoms in total. The fraction of sp³-hybridized carbons (Fsp3) is 0.400. The van der Waals surface area contributed by atoms with Gasteiger partial charge in [0.25, 0.3) is 0 Å². The Morgan fingerprint density at radius 1 is 1.38 bits per heavy atom. The van der Waals surface area contributed by atoms with E-state index in [-0.39, 0.29) is 6.04 Å². The second-order valence-corrected chi connectivity index (χ2v) is 6.37. The van der Waals surface area contributed by atoms with Crippen LogP contribution in [0.5, 0.6) is 0 Å². The lowest BCUT2D eigenvalue weighted by atomic mass is 10.3. The number of nitrogens with one attached hydrogen (secondary N) is 1. The number of hydrogen-bond donors (Lipinski definition) is 1.